The van der Waals surface area contributed by atoms with Crippen LogP contribution in [0.25, 0.3) is 0 Å². The zero-order valence-electron chi connectivity index (χ0n) is 9.06. The number of anilines is 1. The average Bonchev–Trinajstić information content (AvgIpc) is 2.33. The molecule has 2 N–H and O–H groups in total. The zero-order valence-corrected chi connectivity index (χ0v) is 11.2. The zero-order chi connectivity index (χ0) is 11.4. The second kappa shape index (κ2) is 5.77. The molecule has 16 heavy (non-hydrogen) atoms. The van der Waals surface area contributed by atoms with Crippen molar-refractivity contribution in [3.05, 3.63) is 16.0 Å². The third kappa shape index (κ3) is 3.04. The van der Waals surface area contributed by atoms with Gasteiger partial charge >= 0.3 is 0 Å². The Morgan fingerprint density at radius 3 is 2.69 bits per heavy atom. The van der Waals surface area contributed by atoms with Crippen LogP contribution in [0.2, 0.25) is 0 Å². The molecule has 5 heteroatoms. The summed E-state index contributed by atoms with van der Waals surface area (Å²) in [5.41, 5.74) is 0. The molecular weight excluding hydrogens is 317 g/mol. The first-order valence-electron chi connectivity index (χ1n) is 5.64. The first-order valence-corrected chi connectivity index (χ1v) is 6.72. The maximum absolute atomic E-state index is 9.30. The van der Waals surface area contributed by atoms with Gasteiger partial charge in [-0.15, -0.1) is 0 Å². The highest BCUT2D eigenvalue weighted by Crippen LogP contribution is 2.25. The molecule has 1 aromatic heterocycles. The van der Waals surface area contributed by atoms with Gasteiger partial charge in [-0.3, -0.25) is 0 Å². The van der Waals surface area contributed by atoms with E-state index in [1.165, 1.54) is 12.8 Å². The minimum Gasteiger partial charge on any atom is -0.396 e. The van der Waals surface area contributed by atoms with Crippen molar-refractivity contribution in [2.45, 2.75) is 31.7 Å². The van der Waals surface area contributed by atoms with Crippen molar-refractivity contribution in [1.82, 2.24) is 9.97 Å². The predicted octanol–water partition coefficient (Wildman–Crippen LogP) is 2.04. The number of aromatic nitrogens is 2. The highest BCUT2D eigenvalue weighted by atomic mass is 127. The van der Waals surface area contributed by atoms with Crippen LogP contribution in [0.15, 0.2) is 12.4 Å². The molecule has 0 amide bonds. The summed E-state index contributed by atoms with van der Waals surface area (Å²) < 4.78 is 1.03. The van der Waals surface area contributed by atoms with Crippen LogP contribution in [0.3, 0.4) is 0 Å². The van der Waals surface area contributed by atoms with Gasteiger partial charge in [-0.25, -0.2) is 9.97 Å². The minimum absolute atomic E-state index is 0.252. The van der Waals surface area contributed by atoms with Crippen molar-refractivity contribution >= 4 is 28.5 Å². The van der Waals surface area contributed by atoms with E-state index in [1.807, 2.05) is 0 Å². The van der Waals surface area contributed by atoms with E-state index >= 15 is 0 Å². The molecule has 0 saturated heterocycles. The smallest absolute Gasteiger partial charge is 0.222 e. The number of aliphatic hydroxyl groups excluding tert-OH is 1. The van der Waals surface area contributed by atoms with Gasteiger partial charge in [0.15, 0.2) is 0 Å². The van der Waals surface area contributed by atoms with Crippen molar-refractivity contribution in [3.8, 4) is 0 Å². The molecular formula is C11H16IN3O. The first-order chi connectivity index (χ1) is 7.79. The van der Waals surface area contributed by atoms with Gasteiger partial charge in [0, 0.05) is 34.5 Å². The number of hydrogen-bond acceptors (Lipinski definition) is 4. The number of halogens is 1. The van der Waals surface area contributed by atoms with Gasteiger partial charge in [0.25, 0.3) is 0 Å². The maximum Gasteiger partial charge on any atom is 0.222 e. The summed E-state index contributed by atoms with van der Waals surface area (Å²) in [6, 6.07) is 0.318. The molecule has 0 radical (unpaired) electrons. The van der Waals surface area contributed by atoms with Gasteiger partial charge < -0.3 is 10.4 Å². The summed E-state index contributed by atoms with van der Waals surface area (Å²) in [4.78, 5) is 8.46. The van der Waals surface area contributed by atoms with Crippen molar-refractivity contribution < 1.29 is 5.11 Å². The molecule has 1 heterocycles. The van der Waals surface area contributed by atoms with Crippen LogP contribution in [0, 0.1) is 9.49 Å². The Morgan fingerprint density at radius 1 is 1.31 bits per heavy atom. The summed E-state index contributed by atoms with van der Waals surface area (Å²) >= 11 is 2.19. The van der Waals surface area contributed by atoms with E-state index in [1.54, 1.807) is 12.4 Å². The van der Waals surface area contributed by atoms with Crippen LogP contribution in [-0.2, 0) is 0 Å². The van der Waals surface area contributed by atoms with E-state index in [0.717, 1.165) is 16.4 Å². The van der Waals surface area contributed by atoms with Gasteiger partial charge in [0.1, 0.15) is 0 Å². The molecule has 1 aliphatic rings. The van der Waals surface area contributed by atoms with E-state index in [9.17, 15) is 5.11 Å². The lowest BCUT2D eigenvalue weighted by Crippen LogP contribution is -2.34. The lowest BCUT2D eigenvalue weighted by atomic mass is 9.85. The van der Waals surface area contributed by atoms with Gasteiger partial charge in [-0.1, -0.05) is 12.8 Å². The Balaban J connectivity index is 1.99. The molecule has 0 aliphatic heterocycles. The number of nitrogens with zero attached hydrogens (tertiary/aromatic N) is 2. The normalized spacial score (nSPS) is 25.4. The Morgan fingerprint density at radius 2 is 2.00 bits per heavy atom. The Bertz CT molecular complexity index is 331. The van der Waals surface area contributed by atoms with Crippen LogP contribution in [0.5, 0.6) is 0 Å². The van der Waals surface area contributed by atoms with E-state index in [-0.39, 0.29) is 6.61 Å². The van der Waals surface area contributed by atoms with Crippen molar-refractivity contribution in [2.75, 3.05) is 11.9 Å². The second-order valence-electron chi connectivity index (χ2n) is 4.20. The van der Waals surface area contributed by atoms with Crippen LogP contribution in [0.1, 0.15) is 25.7 Å². The summed E-state index contributed by atoms with van der Waals surface area (Å²) in [6.45, 7) is 0.252. The molecule has 0 bridgehead atoms. The highest BCUT2D eigenvalue weighted by molar-refractivity contribution is 14.1. The van der Waals surface area contributed by atoms with E-state index in [2.05, 4.69) is 37.9 Å². The number of rotatable bonds is 3. The Hall–Kier alpha value is -0.430. The Kier molecular flexibility index (Phi) is 4.34. The largest absolute Gasteiger partial charge is 0.396 e. The topological polar surface area (TPSA) is 58.0 Å². The number of nitrogens with one attached hydrogen (secondary N) is 1. The molecule has 2 atom stereocenters. The average molecular weight is 333 g/mol. The fourth-order valence-corrected chi connectivity index (χ4v) is 2.45. The van der Waals surface area contributed by atoms with Gasteiger partial charge in [0.05, 0.1) is 0 Å². The Labute approximate surface area is 109 Å². The van der Waals surface area contributed by atoms with Crippen molar-refractivity contribution in [3.63, 3.8) is 0 Å². The first kappa shape index (κ1) is 12.0. The SMILES string of the molecule is OCC1CCCCC1Nc1ncc(I)cn1. The molecule has 2 rings (SSSR count). The lowest BCUT2D eigenvalue weighted by molar-refractivity contribution is 0.178. The summed E-state index contributed by atoms with van der Waals surface area (Å²) in [5.74, 6) is 1.02. The van der Waals surface area contributed by atoms with Gasteiger partial charge in [-0.2, -0.15) is 0 Å². The predicted molar refractivity (Wildman–Crippen MR) is 71.2 cm³/mol. The second-order valence-corrected chi connectivity index (χ2v) is 5.45. The third-order valence-corrected chi connectivity index (χ3v) is 3.64. The molecule has 1 aliphatic carbocycles. The fraction of sp³-hybridized carbons (Fsp3) is 0.636. The summed E-state index contributed by atoms with van der Waals surface area (Å²) in [6.07, 6.45) is 8.23. The molecule has 1 aromatic rings. The van der Waals surface area contributed by atoms with Crippen LogP contribution < -0.4 is 5.32 Å². The molecule has 2 unspecified atom stereocenters. The summed E-state index contributed by atoms with van der Waals surface area (Å²) in [7, 11) is 0. The number of aliphatic hydroxyl groups is 1. The number of hydrogen-bond donors (Lipinski definition) is 2. The fourth-order valence-electron chi connectivity index (χ4n) is 2.17. The quantitative estimate of drug-likeness (QED) is 0.832. The maximum atomic E-state index is 9.30. The standard InChI is InChI=1S/C11H16IN3O/c12-9-5-13-11(14-6-9)15-10-4-2-1-3-8(10)7-16/h5-6,8,10,16H,1-4,7H2,(H,13,14,15). The van der Waals surface area contributed by atoms with Crippen LogP contribution in [0.4, 0.5) is 5.95 Å². The monoisotopic (exact) mass is 333 g/mol. The van der Waals surface area contributed by atoms with Crippen LogP contribution >= 0.6 is 22.6 Å². The van der Waals surface area contributed by atoms with E-state index in [0.29, 0.717) is 17.9 Å². The molecule has 1 fully saturated rings. The van der Waals surface area contributed by atoms with Gasteiger partial charge in [0.2, 0.25) is 5.95 Å². The third-order valence-electron chi connectivity index (χ3n) is 3.08. The lowest BCUT2D eigenvalue weighted by Gasteiger charge is -2.30. The summed E-state index contributed by atoms with van der Waals surface area (Å²) in [5, 5.41) is 12.6. The van der Waals surface area contributed by atoms with Gasteiger partial charge in [-0.05, 0) is 35.4 Å². The molecule has 0 spiro atoms. The molecule has 88 valence electrons. The van der Waals surface area contributed by atoms with Crippen molar-refractivity contribution in [2.24, 2.45) is 5.92 Å². The van der Waals surface area contributed by atoms with E-state index < -0.39 is 0 Å². The molecule has 1 saturated carbocycles. The van der Waals surface area contributed by atoms with E-state index in [4.69, 9.17) is 0 Å². The molecule has 0 aromatic carbocycles. The highest BCUT2D eigenvalue weighted by Gasteiger charge is 2.24. The minimum atomic E-state index is 0.252. The molecule has 4 nitrogen and oxygen atoms in total. The van der Waals surface area contributed by atoms with Crippen LogP contribution in [-0.4, -0.2) is 27.7 Å². The van der Waals surface area contributed by atoms with Crippen molar-refractivity contribution in [1.29, 1.82) is 0 Å².